The van der Waals surface area contributed by atoms with Gasteiger partial charge in [-0.05, 0) is 44.2 Å². The first-order valence-corrected chi connectivity index (χ1v) is 8.03. The van der Waals surface area contributed by atoms with E-state index in [1.54, 1.807) is 29.2 Å². The number of benzene rings is 2. The highest BCUT2D eigenvalue weighted by atomic mass is 35.5. The minimum atomic E-state index is -0.452. The van der Waals surface area contributed by atoms with Gasteiger partial charge in [0.2, 0.25) is 0 Å². The van der Waals surface area contributed by atoms with E-state index in [4.69, 9.17) is 11.6 Å². The lowest BCUT2D eigenvalue weighted by Crippen LogP contribution is -2.30. The number of rotatable bonds is 5. The summed E-state index contributed by atoms with van der Waals surface area (Å²) >= 11 is 6.19. The molecule has 0 heterocycles. The molecule has 2 aromatic rings. The minimum Gasteiger partial charge on any atom is -0.507 e. The monoisotopic (exact) mass is 346 g/mol. The van der Waals surface area contributed by atoms with Gasteiger partial charge >= 0.3 is 0 Å². The second-order valence-electron chi connectivity index (χ2n) is 5.14. The van der Waals surface area contributed by atoms with E-state index in [1.165, 1.54) is 18.2 Å². The average Bonchev–Trinajstić information content (AvgIpc) is 2.56. The Labute approximate surface area is 145 Å². The lowest BCUT2D eigenvalue weighted by atomic mass is 10.1. The summed E-state index contributed by atoms with van der Waals surface area (Å²) in [6.45, 7) is 4.99. The van der Waals surface area contributed by atoms with Gasteiger partial charge < -0.3 is 15.3 Å². The summed E-state index contributed by atoms with van der Waals surface area (Å²) in [5.41, 5.74) is 1.00. The van der Waals surface area contributed by atoms with Crippen molar-refractivity contribution in [3.63, 3.8) is 0 Å². The Morgan fingerprint density at radius 3 is 2.33 bits per heavy atom. The van der Waals surface area contributed by atoms with E-state index in [1.807, 2.05) is 13.8 Å². The Balaban J connectivity index is 2.20. The summed E-state index contributed by atoms with van der Waals surface area (Å²) in [6.07, 6.45) is 0. The van der Waals surface area contributed by atoms with Crippen LogP contribution in [0.3, 0.4) is 0 Å². The van der Waals surface area contributed by atoms with Gasteiger partial charge in [0.1, 0.15) is 5.75 Å². The highest BCUT2D eigenvalue weighted by molar-refractivity contribution is 6.34. The second-order valence-corrected chi connectivity index (χ2v) is 5.55. The topological polar surface area (TPSA) is 69.6 Å². The first-order chi connectivity index (χ1) is 11.5. The molecule has 0 bridgehead atoms. The van der Waals surface area contributed by atoms with Crippen molar-refractivity contribution in [2.45, 2.75) is 13.8 Å². The Morgan fingerprint density at radius 1 is 1.08 bits per heavy atom. The maximum Gasteiger partial charge on any atom is 0.259 e. The van der Waals surface area contributed by atoms with Crippen LogP contribution in [0.25, 0.3) is 0 Å². The van der Waals surface area contributed by atoms with E-state index in [2.05, 4.69) is 5.32 Å². The van der Waals surface area contributed by atoms with E-state index >= 15 is 0 Å². The third-order valence-electron chi connectivity index (χ3n) is 3.66. The van der Waals surface area contributed by atoms with E-state index < -0.39 is 5.91 Å². The largest absolute Gasteiger partial charge is 0.507 e. The minimum absolute atomic E-state index is 0.102. The summed E-state index contributed by atoms with van der Waals surface area (Å²) in [6, 6.07) is 11.0. The lowest BCUT2D eigenvalue weighted by molar-refractivity contribution is 0.0773. The van der Waals surface area contributed by atoms with Crippen LogP contribution in [0.4, 0.5) is 5.69 Å². The number of halogens is 1. The van der Waals surface area contributed by atoms with Crippen molar-refractivity contribution < 1.29 is 14.7 Å². The van der Waals surface area contributed by atoms with Crippen LogP contribution in [0.5, 0.6) is 5.75 Å². The zero-order chi connectivity index (χ0) is 17.7. The van der Waals surface area contributed by atoms with Crippen LogP contribution in [-0.2, 0) is 0 Å². The van der Waals surface area contributed by atoms with Gasteiger partial charge in [0.05, 0.1) is 16.1 Å². The standard InChI is InChI=1S/C18H19ClN2O3/c1-3-21(4-2)18(24)13-10-9-12(11-15(13)19)20-17(23)14-7-5-6-8-16(14)22/h5-11,22H,3-4H2,1-2H3,(H,20,23). The van der Waals surface area contributed by atoms with E-state index in [9.17, 15) is 14.7 Å². The van der Waals surface area contributed by atoms with Crippen molar-refractivity contribution in [3.05, 3.63) is 58.6 Å². The number of hydrogen-bond donors (Lipinski definition) is 2. The number of amides is 2. The third kappa shape index (κ3) is 3.86. The van der Waals surface area contributed by atoms with Gasteiger partial charge in [-0.15, -0.1) is 0 Å². The summed E-state index contributed by atoms with van der Waals surface area (Å²) < 4.78 is 0. The van der Waals surface area contributed by atoms with Crippen LogP contribution < -0.4 is 5.32 Å². The molecule has 5 nitrogen and oxygen atoms in total. The SMILES string of the molecule is CCN(CC)C(=O)c1ccc(NC(=O)c2ccccc2O)cc1Cl. The highest BCUT2D eigenvalue weighted by Crippen LogP contribution is 2.24. The first-order valence-electron chi connectivity index (χ1n) is 7.66. The summed E-state index contributed by atoms with van der Waals surface area (Å²) in [4.78, 5) is 26.2. The van der Waals surface area contributed by atoms with Crippen molar-refractivity contribution in [3.8, 4) is 5.75 Å². The Kier molecular flexibility index (Phi) is 5.82. The first kappa shape index (κ1) is 17.8. The van der Waals surface area contributed by atoms with Gasteiger partial charge in [0.25, 0.3) is 11.8 Å². The molecule has 24 heavy (non-hydrogen) atoms. The average molecular weight is 347 g/mol. The fourth-order valence-electron chi connectivity index (χ4n) is 2.31. The summed E-state index contributed by atoms with van der Waals surface area (Å²) in [7, 11) is 0. The molecule has 0 spiro atoms. The number of anilines is 1. The van der Waals surface area contributed by atoms with Gasteiger partial charge in [-0.3, -0.25) is 9.59 Å². The molecule has 0 saturated carbocycles. The molecule has 2 amide bonds. The molecular weight excluding hydrogens is 328 g/mol. The van der Waals surface area contributed by atoms with Crippen molar-refractivity contribution in [1.82, 2.24) is 4.90 Å². The number of phenols is 1. The van der Waals surface area contributed by atoms with Crippen LogP contribution in [0.1, 0.15) is 34.6 Å². The molecular formula is C18H19ClN2O3. The third-order valence-corrected chi connectivity index (χ3v) is 3.97. The van der Waals surface area contributed by atoms with Crippen molar-refractivity contribution >= 4 is 29.1 Å². The zero-order valence-corrected chi connectivity index (χ0v) is 14.3. The molecule has 6 heteroatoms. The normalized spacial score (nSPS) is 10.3. The number of carbonyl (C=O) groups excluding carboxylic acids is 2. The molecule has 0 aromatic heterocycles. The second kappa shape index (κ2) is 7.84. The Hall–Kier alpha value is -2.53. The number of aromatic hydroxyl groups is 1. The smallest absolute Gasteiger partial charge is 0.259 e. The molecule has 126 valence electrons. The molecule has 2 aromatic carbocycles. The Morgan fingerprint density at radius 2 is 1.75 bits per heavy atom. The van der Waals surface area contributed by atoms with Gasteiger partial charge in [0.15, 0.2) is 0 Å². The molecule has 0 fully saturated rings. The number of phenolic OH excluding ortho intramolecular Hbond substituents is 1. The molecule has 0 aliphatic carbocycles. The maximum atomic E-state index is 12.3. The van der Waals surface area contributed by atoms with Crippen LogP contribution in [-0.4, -0.2) is 34.9 Å². The fraction of sp³-hybridized carbons (Fsp3) is 0.222. The molecule has 2 rings (SSSR count). The number of nitrogens with zero attached hydrogens (tertiary/aromatic N) is 1. The van der Waals surface area contributed by atoms with Crippen LogP contribution >= 0.6 is 11.6 Å². The van der Waals surface area contributed by atoms with Crippen molar-refractivity contribution in [1.29, 1.82) is 0 Å². The lowest BCUT2D eigenvalue weighted by Gasteiger charge is -2.19. The number of para-hydroxylation sites is 1. The summed E-state index contributed by atoms with van der Waals surface area (Å²) in [5, 5.41) is 12.6. The number of hydrogen-bond acceptors (Lipinski definition) is 3. The summed E-state index contributed by atoms with van der Waals surface area (Å²) in [5.74, 6) is -0.704. The molecule has 0 radical (unpaired) electrons. The van der Waals surface area contributed by atoms with Gasteiger partial charge in [-0.1, -0.05) is 23.7 Å². The fourth-order valence-corrected chi connectivity index (χ4v) is 2.57. The van der Waals surface area contributed by atoms with Crippen LogP contribution in [0, 0.1) is 0 Å². The molecule has 0 saturated heterocycles. The van der Waals surface area contributed by atoms with Crippen LogP contribution in [0.2, 0.25) is 5.02 Å². The number of carbonyl (C=O) groups is 2. The van der Waals surface area contributed by atoms with E-state index in [0.717, 1.165) is 0 Å². The quantitative estimate of drug-likeness (QED) is 0.865. The van der Waals surface area contributed by atoms with Crippen molar-refractivity contribution in [2.24, 2.45) is 0 Å². The van der Waals surface area contributed by atoms with E-state index in [0.29, 0.717) is 24.3 Å². The van der Waals surface area contributed by atoms with E-state index in [-0.39, 0.29) is 22.2 Å². The van der Waals surface area contributed by atoms with Gasteiger partial charge in [-0.2, -0.15) is 0 Å². The molecule has 0 aliphatic heterocycles. The predicted octanol–water partition coefficient (Wildman–Crippen LogP) is 3.78. The number of nitrogens with one attached hydrogen (secondary N) is 1. The van der Waals surface area contributed by atoms with Gasteiger partial charge in [-0.25, -0.2) is 0 Å². The molecule has 0 unspecified atom stereocenters. The van der Waals surface area contributed by atoms with Gasteiger partial charge in [0, 0.05) is 18.8 Å². The molecule has 0 aliphatic rings. The van der Waals surface area contributed by atoms with Crippen molar-refractivity contribution in [2.75, 3.05) is 18.4 Å². The Bertz CT molecular complexity index is 758. The highest BCUT2D eigenvalue weighted by Gasteiger charge is 2.17. The maximum absolute atomic E-state index is 12.3. The molecule has 2 N–H and O–H groups in total. The van der Waals surface area contributed by atoms with Crippen LogP contribution in [0.15, 0.2) is 42.5 Å². The molecule has 0 atom stereocenters. The zero-order valence-electron chi connectivity index (χ0n) is 13.5. The predicted molar refractivity (Wildman–Crippen MR) is 94.8 cm³/mol.